The van der Waals surface area contributed by atoms with Crippen molar-refractivity contribution in [3.8, 4) is 0 Å². The zero-order valence-corrected chi connectivity index (χ0v) is 12.0. The Balaban J connectivity index is 1.69. The number of halogens is 1. The Kier molecular flexibility index (Phi) is 3.71. The van der Waals surface area contributed by atoms with Gasteiger partial charge in [-0.25, -0.2) is 0 Å². The second-order valence-corrected chi connectivity index (χ2v) is 6.14. The summed E-state index contributed by atoms with van der Waals surface area (Å²) in [5, 5.41) is 0. The molecule has 3 rings (SSSR count). The van der Waals surface area contributed by atoms with E-state index in [1.54, 1.807) is 0 Å². The van der Waals surface area contributed by atoms with Crippen LogP contribution in [0.4, 0.5) is 0 Å². The second-order valence-electron chi connectivity index (χ2n) is 5.28. The summed E-state index contributed by atoms with van der Waals surface area (Å²) < 4.78 is 7.03. The standard InChI is InChI=1S/C14H19BrN2O/c15-14-5-10(6-16)1-2-11(14)7-17-8-12-3-4-13(9-17)18-12/h1-2,5,12-13H,3-4,6-9,16H2. The Morgan fingerprint density at radius 2 is 2.00 bits per heavy atom. The lowest BCUT2D eigenvalue weighted by atomic mass is 10.1. The van der Waals surface area contributed by atoms with Gasteiger partial charge < -0.3 is 10.5 Å². The lowest BCUT2D eigenvalue weighted by Gasteiger charge is -2.32. The van der Waals surface area contributed by atoms with Crippen LogP contribution >= 0.6 is 15.9 Å². The van der Waals surface area contributed by atoms with Crippen molar-refractivity contribution < 1.29 is 4.74 Å². The highest BCUT2D eigenvalue weighted by Gasteiger charge is 2.33. The molecule has 0 amide bonds. The van der Waals surface area contributed by atoms with Gasteiger partial charge in [0.1, 0.15) is 0 Å². The van der Waals surface area contributed by atoms with E-state index >= 15 is 0 Å². The van der Waals surface area contributed by atoms with Crippen LogP contribution in [0.5, 0.6) is 0 Å². The van der Waals surface area contributed by atoms with E-state index in [0.29, 0.717) is 18.8 Å². The van der Waals surface area contributed by atoms with E-state index in [1.807, 2.05) is 0 Å². The average molecular weight is 311 g/mol. The smallest absolute Gasteiger partial charge is 0.0707 e. The number of hydrogen-bond donors (Lipinski definition) is 1. The van der Waals surface area contributed by atoms with E-state index in [4.69, 9.17) is 10.5 Å². The largest absolute Gasteiger partial charge is 0.372 e. The highest BCUT2D eigenvalue weighted by atomic mass is 79.9. The molecule has 0 aromatic heterocycles. The van der Waals surface area contributed by atoms with E-state index in [-0.39, 0.29) is 0 Å². The minimum atomic E-state index is 0.464. The molecule has 0 aliphatic carbocycles. The minimum Gasteiger partial charge on any atom is -0.372 e. The number of morpholine rings is 1. The molecule has 2 aliphatic heterocycles. The van der Waals surface area contributed by atoms with Gasteiger partial charge in [0.2, 0.25) is 0 Å². The van der Waals surface area contributed by atoms with Gasteiger partial charge in [-0.1, -0.05) is 28.1 Å². The number of likely N-dealkylation sites (tertiary alicyclic amines) is 1. The fourth-order valence-electron chi connectivity index (χ4n) is 2.92. The third-order valence-electron chi connectivity index (χ3n) is 3.87. The maximum absolute atomic E-state index is 5.86. The normalized spacial score (nSPS) is 27.7. The van der Waals surface area contributed by atoms with E-state index in [1.165, 1.54) is 28.4 Å². The highest BCUT2D eigenvalue weighted by Crippen LogP contribution is 2.28. The van der Waals surface area contributed by atoms with Gasteiger partial charge in [0, 0.05) is 30.7 Å². The third-order valence-corrected chi connectivity index (χ3v) is 4.60. The molecule has 0 spiro atoms. The zero-order chi connectivity index (χ0) is 12.5. The molecule has 2 aliphatic rings. The fraction of sp³-hybridized carbons (Fsp3) is 0.571. The first kappa shape index (κ1) is 12.6. The fourth-order valence-corrected chi connectivity index (χ4v) is 3.47. The lowest BCUT2D eigenvalue weighted by Crippen LogP contribution is -2.42. The van der Waals surface area contributed by atoms with E-state index in [0.717, 1.165) is 19.6 Å². The van der Waals surface area contributed by atoms with E-state index < -0.39 is 0 Å². The molecular formula is C14H19BrN2O. The van der Waals surface area contributed by atoms with Gasteiger partial charge in [0.15, 0.2) is 0 Å². The second kappa shape index (κ2) is 5.29. The Labute approximate surface area is 116 Å². The van der Waals surface area contributed by atoms with Gasteiger partial charge in [-0.05, 0) is 30.0 Å². The molecule has 2 unspecified atom stereocenters. The van der Waals surface area contributed by atoms with Crippen LogP contribution in [0.3, 0.4) is 0 Å². The molecule has 2 bridgehead atoms. The van der Waals surface area contributed by atoms with Crippen molar-refractivity contribution in [1.82, 2.24) is 4.90 Å². The summed E-state index contributed by atoms with van der Waals surface area (Å²) in [6, 6.07) is 6.43. The highest BCUT2D eigenvalue weighted by molar-refractivity contribution is 9.10. The SMILES string of the molecule is NCc1ccc(CN2CC3CCC(C2)O3)c(Br)c1. The number of hydrogen-bond acceptors (Lipinski definition) is 3. The first-order valence-corrected chi connectivity index (χ1v) is 7.39. The Morgan fingerprint density at radius 3 is 2.61 bits per heavy atom. The molecule has 1 aromatic carbocycles. The van der Waals surface area contributed by atoms with Crippen LogP contribution in [-0.2, 0) is 17.8 Å². The van der Waals surface area contributed by atoms with Gasteiger partial charge in [0.05, 0.1) is 12.2 Å². The van der Waals surface area contributed by atoms with Gasteiger partial charge in [-0.2, -0.15) is 0 Å². The number of fused-ring (bicyclic) bond motifs is 2. The van der Waals surface area contributed by atoms with Crippen molar-refractivity contribution >= 4 is 15.9 Å². The van der Waals surface area contributed by atoms with Gasteiger partial charge in [-0.15, -0.1) is 0 Å². The molecule has 0 saturated carbocycles. The van der Waals surface area contributed by atoms with Crippen LogP contribution in [0.1, 0.15) is 24.0 Å². The Hall–Kier alpha value is -0.420. The van der Waals surface area contributed by atoms with Crippen LogP contribution in [0.2, 0.25) is 0 Å². The quantitative estimate of drug-likeness (QED) is 0.931. The third kappa shape index (κ3) is 2.62. The predicted octanol–water partition coefficient (Wildman–Crippen LogP) is 2.27. The maximum atomic E-state index is 5.86. The van der Waals surface area contributed by atoms with Crippen molar-refractivity contribution in [3.05, 3.63) is 33.8 Å². The molecular weight excluding hydrogens is 292 g/mol. The number of ether oxygens (including phenoxy) is 1. The van der Waals surface area contributed by atoms with Gasteiger partial charge in [-0.3, -0.25) is 4.90 Å². The summed E-state index contributed by atoms with van der Waals surface area (Å²) in [6.45, 7) is 3.74. The predicted molar refractivity (Wildman–Crippen MR) is 75.2 cm³/mol. The first-order chi connectivity index (χ1) is 8.74. The molecule has 0 radical (unpaired) electrons. The minimum absolute atomic E-state index is 0.464. The monoisotopic (exact) mass is 310 g/mol. The van der Waals surface area contributed by atoms with Crippen LogP contribution < -0.4 is 5.73 Å². The summed E-state index contributed by atoms with van der Waals surface area (Å²) in [7, 11) is 0. The number of nitrogens with zero attached hydrogens (tertiary/aromatic N) is 1. The van der Waals surface area contributed by atoms with Crippen LogP contribution in [0.25, 0.3) is 0 Å². The van der Waals surface area contributed by atoms with E-state index in [9.17, 15) is 0 Å². The van der Waals surface area contributed by atoms with Crippen molar-refractivity contribution in [2.75, 3.05) is 13.1 Å². The molecule has 18 heavy (non-hydrogen) atoms. The molecule has 3 nitrogen and oxygen atoms in total. The summed E-state index contributed by atoms with van der Waals surface area (Å²) in [4.78, 5) is 2.51. The van der Waals surface area contributed by atoms with E-state index in [2.05, 4.69) is 39.0 Å². The van der Waals surface area contributed by atoms with Crippen LogP contribution in [-0.4, -0.2) is 30.2 Å². The zero-order valence-electron chi connectivity index (χ0n) is 10.4. The summed E-state index contributed by atoms with van der Waals surface area (Å²) in [5.74, 6) is 0. The van der Waals surface area contributed by atoms with Crippen molar-refractivity contribution in [3.63, 3.8) is 0 Å². The van der Waals surface area contributed by atoms with Crippen molar-refractivity contribution in [2.24, 2.45) is 5.73 Å². The molecule has 98 valence electrons. The Bertz CT molecular complexity index is 426. The Morgan fingerprint density at radius 1 is 1.28 bits per heavy atom. The molecule has 2 atom stereocenters. The molecule has 4 heteroatoms. The molecule has 2 saturated heterocycles. The van der Waals surface area contributed by atoms with Crippen molar-refractivity contribution in [1.29, 1.82) is 0 Å². The summed E-state index contributed by atoms with van der Waals surface area (Å²) in [6.07, 6.45) is 3.39. The molecule has 1 aromatic rings. The molecule has 2 heterocycles. The average Bonchev–Trinajstić information content (AvgIpc) is 2.71. The summed E-state index contributed by atoms with van der Waals surface area (Å²) in [5.41, 5.74) is 8.16. The topological polar surface area (TPSA) is 38.5 Å². The van der Waals surface area contributed by atoms with Gasteiger partial charge >= 0.3 is 0 Å². The molecule has 2 fully saturated rings. The van der Waals surface area contributed by atoms with Crippen LogP contribution in [0, 0.1) is 0 Å². The summed E-state index contributed by atoms with van der Waals surface area (Å²) >= 11 is 3.65. The van der Waals surface area contributed by atoms with Gasteiger partial charge in [0.25, 0.3) is 0 Å². The number of benzene rings is 1. The first-order valence-electron chi connectivity index (χ1n) is 6.60. The lowest BCUT2D eigenvalue weighted by molar-refractivity contribution is -0.0411. The maximum Gasteiger partial charge on any atom is 0.0707 e. The van der Waals surface area contributed by atoms with Crippen LogP contribution in [0.15, 0.2) is 22.7 Å². The van der Waals surface area contributed by atoms with Crippen molar-refractivity contribution in [2.45, 2.75) is 38.1 Å². The molecule has 2 N–H and O–H groups in total. The number of nitrogens with two attached hydrogens (primary N) is 1. The number of rotatable bonds is 3.